The highest BCUT2D eigenvalue weighted by atomic mass is 32.1. The third-order valence-electron chi connectivity index (χ3n) is 5.35. The van der Waals surface area contributed by atoms with E-state index in [9.17, 15) is 0 Å². The molecule has 0 aliphatic carbocycles. The minimum atomic E-state index is 0.650. The lowest BCUT2D eigenvalue weighted by Crippen LogP contribution is -3.14. The number of aryl methyl sites for hydroxylation is 1. The molecule has 0 saturated carbocycles. The summed E-state index contributed by atoms with van der Waals surface area (Å²) in [5, 5.41) is 8.64. The topological polar surface area (TPSA) is 57.5 Å². The van der Waals surface area contributed by atoms with Gasteiger partial charge in [-0.15, -0.1) is 0 Å². The molecule has 0 amide bonds. The maximum atomic E-state index is 5.65. The van der Waals surface area contributed by atoms with Crippen LogP contribution in [0.5, 0.6) is 0 Å². The van der Waals surface area contributed by atoms with Crippen LogP contribution in [-0.4, -0.2) is 46.0 Å². The summed E-state index contributed by atoms with van der Waals surface area (Å²) < 4.78 is 4.27. The molecule has 1 aliphatic rings. The zero-order valence-electron chi connectivity index (χ0n) is 15.7. The van der Waals surface area contributed by atoms with Gasteiger partial charge in [-0.1, -0.05) is 12.1 Å². The smallest absolute Gasteiger partial charge is 0.225 e. The van der Waals surface area contributed by atoms with E-state index in [0.29, 0.717) is 4.77 Å². The van der Waals surface area contributed by atoms with Crippen LogP contribution in [0.15, 0.2) is 42.7 Å². The maximum Gasteiger partial charge on any atom is 0.225 e. The Balaban J connectivity index is 1.45. The summed E-state index contributed by atoms with van der Waals surface area (Å²) in [6.45, 7) is 9.10. The highest BCUT2D eigenvalue weighted by molar-refractivity contribution is 7.71. The van der Waals surface area contributed by atoms with Crippen molar-refractivity contribution in [3.8, 4) is 5.69 Å². The molecule has 0 bridgehead atoms. The van der Waals surface area contributed by atoms with E-state index in [1.54, 1.807) is 4.68 Å². The van der Waals surface area contributed by atoms with Gasteiger partial charge in [0, 0.05) is 17.8 Å². The predicted octanol–water partition coefficient (Wildman–Crippen LogP) is 0.592. The van der Waals surface area contributed by atoms with Gasteiger partial charge in [-0.05, 0) is 53.7 Å². The fourth-order valence-electron chi connectivity index (χ4n) is 3.53. The van der Waals surface area contributed by atoms with Crippen LogP contribution in [0, 0.1) is 18.6 Å². The molecule has 4 rings (SSSR count). The standard InChI is InChI=1S/C19H23N7S/c1-15-4-3-5-18(16(15)2)26-19(27)25(21-22-26)14-23-10-12-24(13-11-23)17-6-8-20-9-7-17/h3-9H,10-14H2,1-2H3/p+2. The Bertz CT molecular complexity index is 971. The number of rotatable bonds is 4. The largest absolute Gasteiger partial charge is 0.360 e. The molecule has 3 heterocycles. The summed E-state index contributed by atoms with van der Waals surface area (Å²) in [4.78, 5) is 6.97. The van der Waals surface area contributed by atoms with Gasteiger partial charge in [0.1, 0.15) is 0 Å². The zero-order chi connectivity index (χ0) is 18.8. The number of quaternary nitrogens is 1. The quantitative estimate of drug-likeness (QED) is 0.670. The number of aromatic nitrogens is 5. The fourth-order valence-corrected chi connectivity index (χ4v) is 3.77. The van der Waals surface area contributed by atoms with Crippen molar-refractivity contribution in [2.24, 2.45) is 0 Å². The van der Waals surface area contributed by atoms with Crippen LogP contribution in [0.3, 0.4) is 0 Å². The maximum absolute atomic E-state index is 5.65. The van der Waals surface area contributed by atoms with Crippen LogP contribution in [0.4, 0.5) is 5.69 Å². The van der Waals surface area contributed by atoms with Gasteiger partial charge in [-0.3, -0.25) is 0 Å². The second kappa shape index (κ2) is 7.58. The van der Waals surface area contributed by atoms with Crippen LogP contribution >= 0.6 is 12.2 Å². The summed E-state index contributed by atoms with van der Waals surface area (Å²) >= 11 is 5.65. The summed E-state index contributed by atoms with van der Waals surface area (Å²) in [7, 11) is 0. The highest BCUT2D eigenvalue weighted by Gasteiger charge is 2.22. The zero-order valence-corrected chi connectivity index (χ0v) is 16.5. The molecule has 3 aromatic rings. The molecule has 140 valence electrons. The number of anilines is 1. The molecular weight excluding hydrogens is 358 g/mol. The molecule has 7 nitrogen and oxygen atoms in total. The molecule has 1 aromatic carbocycles. The van der Waals surface area contributed by atoms with Crippen molar-refractivity contribution >= 4 is 17.9 Å². The van der Waals surface area contributed by atoms with Crippen LogP contribution < -0.4 is 14.8 Å². The SMILES string of the molecule is Cc1cccc(-n2nnn(C[NH+]3CCN(c4cc[nH+]cc4)CC3)c2=S)c1C. The van der Waals surface area contributed by atoms with E-state index in [0.717, 1.165) is 38.5 Å². The number of tetrazole rings is 1. The van der Waals surface area contributed by atoms with Gasteiger partial charge < -0.3 is 9.80 Å². The van der Waals surface area contributed by atoms with Crippen LogP contribution in [0.25, 0.3) is 5.69 Å². The summed E-state index contributed by atoms with van der Waals surface area (Å²) in [5.41, 5.74) is 4.68. The number of aromatic amines is 1. The van der Waals surface area contributed by atoms with Gasteiger partial charge in [0.05, 0.1) is 31.9 Å². The van der Waals surface area contributed by atoms with E-state index in [-0.39, 0.29) is 0 Å². The molecule has 0 unspecified atom stereocenters. The second-order valence-electron chi connectivity index (χ2n) is 7.05. The molecule has 2 N–H and O–H groups in total. The molecule has 1 aliphatic heterocycles. The van der Waals surface area contributed by atoms with Gasteiger partial charge in [0.15, 0.2) is 19.1 Å². The molecule has 0 atom stereocenters. The number of nitrogens with one attached hydrogen (secondary N) is 2. The Morgan fingerprint density at radius 2 is 1.81 bits per heavy atom. The normalized spacial score (nSPS) is 15.3. The second-order valence-corrected chi connectivity index (χ2v) is 7.41. The third-order valence-corrected chi connectivity index (χ3v) is 5.74. The van der Waals surface area contributed by atoms with Crippen molar-refractivity contribution in [2.45, 2.75) is 20.5 Å². The van der Waals surface area contributed by atoms with Crippen molar-refractivity contribution in [1.82, 2.24) is 19.8 Å². The van der Waals surface area contributed by atoms with E-state index >= 15 is 0 Å². The van der Waals surface area contributed by atoms with Crippen molar-refractivity contribution in [3.63, 3.8) is 0 Å². The molecule has 0 radical (unpaired) electrons. The van der Waals surface area contributed by atoms with Crippen molar-refractivity contribution < 1.29 is 9.88 Å². The lowest BCUT2D eigenvalue weighted by molar-refractivity contribution is -0.924. The monoisotopic (exact) mass is 383 g/mol. The number of hydrogen-bond acceptors (Lipinski definition) is 4. The number of piperazine rings is 1. The number of benzene rings is 1. The number of hydrogen-bond donors (Lipinski definition) is 1. The fraction of sp³-hybridized carbons (Fsp3) is 0.368. The lowest BCUT2D eigenvalue weighted by Gasteiger charge is -2.32. The van der Waals surface area contributed by atoms with E-state index in [1.165, 1.54) is 21.7 Å². The van der Waals surface area contributed by atoms with E-state index in [2.05, 4.69) is 52.4 Å². The number of pyridine rings is 1. The Morgan fingerprint density at radius 1 is 1.07 bits per heavy atom. The number of H-pyrrole nitrogens is 1. The first kappa shape index (κ1) is 17.8. The first-order valence-electron chi connectivity index (χ1n) is 9.27. The van der Waals surface area contributed by atoms with Crippen molar-refractivity contribution in [1.29, 1.82) is 0 Å². The summed E-state index contributed by atoms with van der Waals surface area (Å²) in [6, 6.07) is 10.4. The molecule has 1 saturated heterocycles. The summed E-state index contributed by atoms with van der Waals surface area (Å²) in [6.07, 6.45) is 3.94. The molecule has 1 fully saturated rings. The Kier molecular flexibility index (Phi) is 5.00. The van der Waals surface area contributed by atoms with E-state index in [4.69, 9.17) is 12.2 Å². The average molecular weight is 384 g/mol. The van der Waals surface area contributed by atoms with Crippen LogP contribution in [0.2, 0.25) is 0 Å². The first-order chi connectivity index (χ1) is 13.1. The minimum Gasteiger partial charge on any atom is -0.360 e. The van der Waals surface area contributed by atoms with Gasteiger partial charge in [-0.25, -0.2) is 4.98 Å². The summed E-state index contributed by atoms with van der Waals surface area (Å²) in [5.74, 6) is 0. The molecule has 2 aromatic heterocycles. The van der Waals surface area contributed by atoms with E-state index in [1.807, 2.05) is 29.2 Å². The Hall–Kier alpha value is -2.58. The Labute approximate surface area is 163 Å². The first-order valence-corrected chi connectivity index (χ1v) is 9.68. The Morgan fingerprint density at radius 3 is 2.56 bits per heavy atom. The highest BCUT2D eigenvalue weighted by Crippen LogP contribution is 2.16. The van der Waals surface area contributed by atoms with E-state index < -0.39 is 0 Å². The third kappa shape index (κ3) is 3.63. The molecule has 0 spiro atoms. The van der Waals surface area contributed by atoms with Gasteiger partial charge in [-0.2, -0.15) is 9.36 Å². The van der Waals surface area contributed by atoms with Crippen LogP contribution in [0.1, 0.15) is 11.1 Å². The van der Waals surface area contributed by atoms with Crippen LogP contribution in [-0.2, 0) is 6.67 Å². The molecule has 27 heavy (non-hydrogen) atoms. The van der Waals surface area contributed by atoms with Gasteiger partial charge in [0.25, 0.3) is 0 Å². The lowest BCUT2D eigenvalue weighted by atomic mass is 10.1. The molecule has 8 heteroatoms. The van der Waals surface area contributed by atoms with Crippen molar-refractivity contribution in [2.75, 3.05) is 31.1 Å². The van der Waals surface area contributed by atoms with Gasteiger partial charge in [0.2, 0.25) is 4.77 Å². The van der Waals surface area contributed by atoms with Gasteiger partial charge >= 0.3 is 0 Å². The molecular formula is C19H25N7S+2. The average Bonchev–Trinajstić information content (AvgIpc) is 3.05. The minimum absolute atomic E-state index is 0.650. The van der Waals surface area contributed by atoms with Crippen molar-refractivity contribution in [3.05, 3.63) is 58.6 Å². The number of nitrogens with zero attached hydrogens (tertiary/aromatic N) is 5. The predicted molar refractivity (Wildman–Crippen MR) is 106 cm³/mol.